The Morgan fingerprint density at radius 1 is 0.921 bits per heavy atom. The largest absolute Gasteiger partial charge is 0.505 e. The monoisotopic (exact) mass is 588 g/mol. The van der Waals surface area contributed by atoms with E-state index in [1.165, 1.54) is 16.4 Å². The van der Waals surface area contributed by atoms with Crippen molar-refractivity contribution >= 4 is 33.2 Å². The van der Waals surface area contributed by atoms with E-state index in [9.17, 15) is 26.7 Å². The number of phenols is 1. The molecule has 1 fully saturated rings. The molecule has 1 atom stereocenters. The molecule has 1 heterocycles. The van der Waals surface area contributed by atoms with E-state index in [1.807, 2.05) is 11.0 Å². The second-order valence-corrected chi connectivity index (χ2v) is 11.5. The van der Waals surface area contributed by atoms with Gasteiger partial charge in [0.05, 0.1) is 17.2 Å². The molecule has 3 aromatic carbocycles. The van der Waals surface area contributed by atoms with Crippen LogP contribution in [0.2, 0.25) is 10.0 Å². The number of ether oxygens (including phenoxy) is 1. The van der Waals surface area contributed by atoms with Crippen LogP contribution in [0, 0.1) is 0 Å². The third kappa shape index (κ3) is 6.62. The van der Waals surface area contributed by atoms with E-state index in [1.54, 1.807) is 30.3 Å². The summed E-state index contributed by atoms with van der Waals surface area (Å²) >= 11 is 11.8. The van der Waals surface area contributed by atoms with E-state index in [2.05, 4.69) is 0 Å². The van der Waals surface area contributed by atoms with Gasteiger partial charge in [-0.3, -0.25) is 4.90 Å². The van der Waals surface area contributed by atoms with Gasteiger partial charge < -0.3 is 9.84 Å². The van der Waals surface area contributed by atoms with Gasteiger partial charge in [0, 0.05) is 37.7 Å². The lowest BCUT2D eigenvalue weighted by atomic mass is 9.99. The topological polar surface area (TPSA) is 70.1 Å². The molecule has 12 heteroatoms. The first-order valence-electron chi connectivity index (χ1n) is 11.7. The Morgan fingerprint density at radius 2 is 1.58 bits per heavy atom. The molecule has 0 spiro atoms. The Hall–Kier alpha value is -2.34. The zero-order valence-electron chi connectivity index (χ0n) is 20.0. The SMILES string of the molecule is O=S(=O)(c1cc(Cl)cc(Cl)c1O)N1CCN(CCO[C@@H](c2ccccc2)c2cccc(C(F)(F)F)c2)CC1. The molecule has 0 aromatic heterocycles. The van der Waals surface area contributed by atoms with Crippen LogP contribution >= 0.6 is 23.2 Å². The molecule has 0 radical (unpaired) electrons. The molecule has 0 aliphatic carbocycles. The maximum atomic E-state index is 13.3. The first-order chi connectivity index (χ1) is 18.0. The summed E-state index contributed by atoms with van der Waals surface area (Å²) in [5.41, 5.74) is 0.369. The Labute approximate surface area is 229 Å². The third-order valence-corrected chi connectivity index (χ3v) is 8.67. The second kappa shape index (κ2) is 11.8. The highest BCUT2D eigenvalue weighted by Gasteiger charge is 2.33. The van der Waals surface area contributed by atoms with Crippen molar-refractivity contribution in [2.45, 2.75) is 17.2 Å². The van der Waals surface area contributed by atoms with Gasteiger partial charge in [0.2, 0.25) is 10.0 Å². The van der Waals surface area contributed by atoms with Crippen LogP contribution in [0.15, 0.2) is 71.6 Å². The summed E-state index contributed by atoms with van der Waals surface area (Å²) in [6.45, 7) is 1.80. The molecule has 1 aliphatic rings. The molecule has 0 amide bonds. The van der Waals surface area contributed by atoms with Gasteiger partial charge in [-0.2, -0.15) is 17.5 Å². The fraction of sp³-hybridized carbons (Fsp3) is 0.308. The second-order valence-electron chi connectivity index (χ2n) is 8.76. The van der Waals surface area contributed by atoms with Crippen LogP contribution in [0.1, 0.15) is 22.8 Å². The summed E-state index contributed by atoms with van der Waals surface area (Å²) < 4.78 is 73.3. The Kier molecular flexibility index (Phi) is 8.91. The average Bonchev–Trinajstić information content (AvgIpc) is 2.89. The van der Waals surface area contributed by atoms with Crippen molar-refractivity contribution in [2.24, 2.45) is 0 Å². The van der Waals surface area contributed by atoms with Gasteiger partial charge >= 0.3 is 6.18 Å². The normalized spacial score (nSPS) is 16.4. The van der Waals surface area contributed by atoms with Crippen molar-refractivity contribution in [3.8, 4) is 5.75 Å². The van der Waals surface area contributed by atoms with Crippen LogP contribution in [0.4, 0.5) is 13.2 Å². The summed E-state index contributed by atoms with van der Waals surface area (Å²) in [6.07, 6.45) is -5.17. The quantitative estimate of drug-likeness (QED) is 0.358. The van der Waals surface area contributed by atoms with Crippen LogP contribution in [0.3, 0.4) is 0 Å². The van der Waals surface area contributed by atoms with Gasteiger partial charge in [0.1, 0.15) is 11.0 Å². The zero-order valence-corrected chi connectivity index (χ0v) is 22.4. The average molecular weight is 589 g/mol. The van der Waals surface area contributed by atoms with Crippen LogP contribution in [-0.2, 0) is 20.9 Å². The number of aromatic hydroxyl groups is 1. The molecule has 3 aromatic rings. The minimum absolute atomic E-state index is 0.0934. The highest BCUT2D eigenvalue weighted by molar-refractivity contribution is 7.89. The molecule has 0 saturated carbocycles. The van der Waals surface area contributed by atoms with E-state index in [-0.39, 0.29) is 34.6 Å². The summed E-state index contributed by atoms with van der Waals surface area (Å²) in [4.78, 5) is 1.66. The number of hydrogen-bond acceptors (Lipinski definition) is 5. The fourth-order valence-electron chi connectivity index (χ4n) is 4.26. The van der Waals surface area contributed by atoms with Gasteiger partial charge in [-0.05, 0) is 35.4 Å². The number of nitrogens with zero attached hydrogens (tertiary/aromatic N) is 2. The third-order valence-electron chi connectivity index (χ3n) is 6.25. The van der Waals surface area contributed by atoms with Crippen molar-refractivity contribution in [1.29, 1.82) is 0 Å². The minimum atomic E-state index is -4.47. The van der Waals surface area contributed by atoms with Crippen LogP contribution in [0.5, 0.6) is 5.75 Å². The van der Waals surface area contributed by atoms with E-state index in [4.69, 9.17) is 27.9 Å². The van der Waals surface area contributed by atoms with Gasteiger partial charge in [-0.15, -0.1) is 0 Å². The van der Waals surface area contributed by atoms with Crippen molar-refractivity contribution in [2.75, 3.05) is 39.3 Å². The first-order valence-corrected chi connectivity index (χ1v) is 13.9. The summed E-state index contributed by atoms with van der Waals surface area (Å²) in [5.74, 6) is -0.548. The highest BCUT2D eigenvalue weighted by atomic mass is 35.5. The number of phenolic OH excluding ortho intramolecular Hbond substituents is 1. The lowest BCUT2D eigenvalue weighted by Gasteiger charge is -2.34. The zero-order chi connectivity index (χ0) is 27.5. The van der Waals surface area contributed by atoms with Gasteiger partial charge in [-0.1, -0.05) is 65.7 Å². The molecule has 4 rings (SSSR count). The molecule has 0 unspecified atom stereocenters. The Balaban J connectivity index is 1.40. The predicted octanol–water partition coefficient (Wildman–Crippen LogP) is 5.83. The number of rotatable bonds is 8. The molecular formula is C26H25Cl2F3N2O4S. The van der Waals surface area contributed by atoms with Crippen LogP contribution in [-0.4, -0.2) is 62.1 Å². The standard InChI is InChI=1S/C26H25Cl2F3N2O4S/c27-21-16-22(28)24(34)23(17-21)38(35,36)33-11-9-32(10-12-33)13-14-37-25(18-5-2-1-3-6-18)19-7-4-8-20(15-19)26(29,30)31/h1-8,15-17,25,34H,9-14H2/t25-/m0/s1. The molecule has 1 saturated heterocycles. The van der Waals surface area contributed by atoms with Gasteiger partial charge in [0.15, 0.2) is 5.75 Å². The van der Waals surface area contributed by atoms with Crippen LogP contribution in [0.25, 0.3) is 0 Å². The van der Waals surface area contributed by atoms with Gasteiger partial charge in [-0.25, -0.2) is 8.42 Å². The van der Waals surface area contributed by atoms with Crippen molar-refractivity contribution < 1.29 is 31.4 Å². The van der Waals surface area contributed by atoms with Crippen LogP contribution < -0.4 is 0 Å². The number of benzene rings is 3. The summed E-state index contributed by atoms with van der Waals surface area (Å²) in [7, 11) is -4.02. The molecule has 1 N–H and O–H groups in total. The van der Waals surface area contributed by atoms with Crippen molar-refractivity contribution in [3.63, 3.8) is 0 Å². The smallest absolute Gasteiger partial charge is 0.416 e. The molecule has 0 bridgehead atoms. The van der Waals surface area contributed by atoms with Crippen molar-refractivity contribution in [1.82, 2.24) is 9.21 Å². The Morgan fingerprint density at radius 3 is 2.24 bits per heavy atom. The first kappa shape index (κ1) is 28.7. The lowest BCUT2D eigenvalue weighted by Crippen LogP contribution is -2.49. The maximum absolute atomic E-state index is 13.3. The van der Waals surface area contributed by atoms with E-state index in [0.29, 0.717) is 25.2 Å². The number of sulfonamides is 1. The van der Waals surface area contributed by atoms with E-state index < -0.39 is 33.6 Å². The minimum Gasteiger partial charge on any atom is -0.505 e. The molecule has 204 valence electrons. The highest BCUT2D eigenvalue weighted by Crippen LogP contribution is 2.36. The fourth-order valence-corrected chi connectivity index (χ4v) is 6.43. The Bertz CT molecular complexity index is 1370. The van der Waals surface area contributed by atoms with E-state index in [0.717, 1.165) is 23.8 Å². The number of halogens is 5. The summed E-state index contributed by atoms with van der Waals surface area (Å²) in [5, 5.41) is 10.1. The molecule has 38 heavy (non-hydrogen) atoms. The molecule has 1 aliphatic heterocycles. The lowest BCUT2D eigenvalue weighted by molar-refractivity contribution is -0.137. The number of hydrogen-bond donors (Lipinski definition) is 1. The summed E-state index contributed by atoms with van der Waals surface area (Å²) in [6, 6.07) is 16.5. The van der Waals surface area contributed by atoms with E-state index >= 15 is 0 Å². The number of piperazine rings is 1. The maximum Gasteiger partial charge on any atom is 0.416 e. The predicted molar refractivity (Wildman–Crippen MR) is 139 cm³/mol. The molecular weight excluding hydrogens is 564 g/mol. The number of alkyl halides is 3. The van der Waals surface area contributed by atoms with Gasteiger partial charge in [0.25, 0.3) is 0 Å². The van der Waals surface area contributed by atoms with Crippen molar-refractivity contribution in [3.05, 3.63) is 93.5 Å². The molecule has 6 nitrogen and oxygen atoms in total.